The summed E-state index contributed by atoms with van der Waals surface area (Å²) in [6.45, 7) is 5.15. The monoisotopic (exact) mass is 296 g/mol. The van der Waals surface area contributed by atoms with Gasteiger partial charge in [0.15, 0.2) is 0 Å². The van der Waals surface area contributed by atoms with E-state index >= 15 is 0 Å². The summed E-state index contributed by atoms with van der Waals surface area (Å²) in [5.41, 5.74) is 3.88. The molecule has 2 aromatic carbocycles. The van der Waals surface area contributed by atoms with Gasteiger partial charge in [0.25, 0.3) is 5.91 Å². The fourth-order valence-corrected chi connectivity index (χ4v) is 2.39. The highest BCUT2D eigenvalue weighted by atomic mass is 16.1. The van der Waals surface area contributed by atoms with Crippen molar-refractivity contribution in [1.29, 1.82) is 0 Å². The SMILES string of the molecule is CNCCc1ccccc1C(=O)Nc1cccc(C(C)C)c1. The molecule has 3 nitrogen and oxygen atoms in total. The third-order valence-corrected chi connectivity index (χ3v) is 3.72. The Bertz CT molecular complexity index is 635. The summed E-state index contributed by atoms with van der Waals surface area (Å²) >= 11 is 0. The molecule has 2 aromatic rings. The molecule has 0 saturated carbocycles. The minimum Gasteiger partial charge on any atom is -0.322 e. The van der Waals surface area contributed by atoms with Crippen LogP contribution in [0.25, 0.3) is 0 Å². The van der Waals surface area contributed by atoms with Crippen molar-refractivity contribution in [1.82, 2.24) is 5.32 Å². The molecule has 0 atom stereocenters. The van der Waals surface area contributed by atoms with Crippen LogP contribution in [0.15, 0.2) is 48.5 Å². The molecule has 2 N–H and O–H groups in total. The molecular weight excluding hydrogens is 272 g/mol. The molecule has 0 aromatic heterocycles. The first kappa shape index (κ1) is 16.2. The number of hydrogen-bond acceptors (Lipinski definition) is 2. The Morgan fingerprint density at radius 2 is 1.86 bits per heavy atom. The van der Waals surface area contributed by atoms with Crippen LogP contribution < -0.4 is 10.6 Å². The van der Waals surface area contributed by atoms with Gasteiger partial charge in [-0.2, -0.15) is 0 Å². The summed E-state index contributed by atoms with van der Waals surface area (Å²) in [5.74, 6) is 0.396. The molecule has 0 fully saturated rings. The number of anilines is 1. The predicted molar refractivity (Wildman–Crippen MR) is 92.6 cm³/mol. The van der Waals surface area contributed by atoms with Crippen LogP contribution in [0.1, 0.15) is 41.3 Å². The van der Waals surface area contributed by atoms with Gasteiger partial charge >= 0.3 is 0 Å². The van der Waals surface area contributed by atoms with Crippen LogP contribution in [0.5, 0.6) is 0 Å². The van der Waals surface area contributed by atoms with Crippen molar-refractivity contribution in [2.45, 2.75) is 26.2 Å². The number of carbonyl (C=O) groups is 1. The third kappa shape index (κ3) is 4.18. The molecule has 2 rings (SSSR count). The van der Waals surface area contributed by atoms with E-state index in [0.29, 0.717) is 5.92 Å². The van der Waals surface area contributed by atoms with Gasteiger partial charge in [-0.15, -0.1) is 0 Å². The zero-order valence-electron chi connectivity index (χ0n) is 13.5. The normalized spacial score (nSPS) is 10.7. The molecule has 0 aliphatic rings. The molecule has 0 radical (unpaired) electrons. The second-order valence-electron chi connectivity index (χ2n) is 5.74. The number of hydrogen-bond donors (Lipinski definition) is 2. The highest BCUT2D eigenvalue weighted by molar-refractivity contribution is 6.05. The first-order valence-electron chi connectivity index (χ1n) is 7.75. The largest absolute Gasteiger partial charge is 0.322 e. The summed E-state index contributed by atoms with van der Waals surface area (Å²) in [7, 11) is 1.92. The Balaban J connectivity index is 2.17. The lowest BCUT2D eigenvalue weighted by atomic mass is 10.0. The molecule has 0 bridgehead atoms. The second-order valence-corrected chi connectivity index (χ2v) is 5.74. The maximum Gasteiger partial charge on any atom is 0.255 e. The van der Waals surface area contributed by atoms with Gasteiger partial charge in [-0.1, -0.05) is 44.2 Å². The maximum atomic E-state index is 12.5. The van der Waals surface area contributed by atoms with E-state index in [1.807, 2.05) is 49.5 Å². The molecular formula is C19H24N2O. The third-order valence-electron chi connectivity index (χ3n) is 3.72. The Kier molecular flexibility index (Phi) is 5.73. The highest BCUT2D eigenvalue weighted by Gasteiger charge is 2.11. The van der Waals surface area contributed by atoms with Crippen molar-refractivity contribution in [2.75, 3.05) is 18.9 Å². The first-order chi connectivity index (χ1) is 10.6. The fourth-order valence-electron chi connectivity index (χ4n) is 2.39. The molecule has 116 valence electrons. The predicted octanol–water partition coefficient (Wildman–Crippen LogP) is 3.82. The van der Waals surface area contributed by atoms with Crippen LogP contribution in [0, 0.1) is 0 Å². The number of benzene rings is 2. The van der Waals surface area contributed by atoms with Crippen molar-refractivity contribution < 1.29 is 4.79 Å². The molecule has 0 unspecified atom stereocenters. The van der Waals surface area contributed by atoms with E-state index in [4.69, 9.17) is 0 Å². The lowest BCUT2D eigenvalue weighted by Gasteiger charge is -2.12. The summed E-state index contributed by atoms with van der Waals surface area (Å²) < 4.78 is 0. The summed E-state index contributed by atoms with van der Waals surface area (Å²) in [6.07, 6.45) is 0.839. The number of carbonyl (C=O) groups excluding carboxylic acids is 1. The van der Waals surface area contributed by atoms with Crippen LogP contribution in [-0.4, -0.2) is 19.5 Å². The minimum absolute atomic E-state index is 0.0485. The molecule has 0 heterocycles. The quantitative estimate of drug-likeness (QED) is 0.850. The van der Waals surface area contributed by atoms with Crippen LogP contribution >= 0.6 is 0 Å². The highest BCUT2D eigenvalue weighted by Crippen LogP contribution is 2.19. The van der Waals surface area contributed by atoms with Gasteiger partial charge in [0.2, 0.25) is 0 Å². The van der Waals surface area contributed by atoms with Gasteiger partial charge in [-0.25, -0.2) is 0 Å². The van der Waals surface area contributed by atoms with Crippen molar-refractivity contribution in [3.05, 3.63) is 65.2 Å². The van der Waals surface area contributed by atoms with E-state index in [2.05, 4.69) is 30.5 Å². The van der Waals surface area contributed by atoms with Crippen molar-refractivity contribution in [2.24, 2.45) is 0 Å². The first-order valence-corrected chi connectivity index (χ1v) is 7.75. The van der Waals surface area contributed by atoms with Gasteiger partial charge < -0.3 is 10.6 Å². The van der Waals surface area contributed by atoms with Crippen molar-refractivity contribution in [3.63, 3.8) is 0 Å². The number of rotatable bonds is 6. The van der Waals surface area contributed by atoms with Crippen LogP contribution in [0.4, 0.5) is 5.69 Å². The van der Waals surface area contributed by atoms with E-state index in [-0.39, 0.29) is 5.91 Å². The molecule has 1 amide bonds. The second kappa shape index (κ2) is 7.76. The van der Waals surface area contributed by atoms with Gasteiger partial charge in [0.1, 0.15) is 0 Å². The molecule has 0 spiro atoms. The topological polar surface area (TPSA) is 41.1 Å². The van der Waals surface area contributed by atoms with Crippen LogP contribution in [0.3, 0.4) is 0 Å². The van der Waals surface area contributed by atoms with Crippen LogP contribution in [0.2, 0.25) is 0 Å². The van der Waals surface area contributed by atoms with Gasteiger partial charge in [0, 0.05) is 11.3 Å². The van der Waals surface area contributed by atoms with E-state index in [1.165, 1.54) is 5.56 Å². The smallest absolute Gasteiger partial charge is 0.255 e. The van der Waals surface area contributed by atoms with Crippen molar-refractivity contribution >= 4 is 11.6 Å². The van der Waals surface area contributed by atoms with Gasteiger partial charge in [-0.05, 0) is 55.3 Å². The van der Waals surface area contributed by atoms with E-state index in [9.17, 15) is 4.79 Å². The van der Waals surface area contributed by atoms with E-state index in [1.54, 1.807) is 0 Å². The number of likely N-dealkylation sites (N-methyl/N-ethyl adjacent to an activating group) is 1. The molecule has 3 heteroatoms. The zero-order valence-corrected chi connectivity index (χ0v) is 13.5. The Morgan fingerprint density at radius 1 is 1.09 bits per heavy atom. The minimum atomic E-state index is -0.0485. The molecule has 0 saturated heterocycles. The lowest BCUT2D eigenvalue weighted by molar-refractivity contribution is 0.102. The molecule has 0 aliphatic heterocycles. The summed E-state index contributed by atoms with van der Waals surface area (Å²) in [6, 6.07) is 15.8. The fraction of sp³-hybridized carbons (Fsp3) is 0.316. The van der Waals surface area contributed by atoms with E-state index < -0.39 is 0 Å². The average Bonchev–Trinajstić information content (AvgIpc) is 2.53. The molecule has 0 aliphatic carbocycles. The van der Waals surface area contributed by atoms with Gasteiger partial charge in [-0.3, -0.25) is 4.79 Å². The van der Waals surface area contributed by atoms with E-state index in [0.717, 1.165) is 29.8 Å². The van der Waals surface area contributed by atoms with Gasteiger partial charge in [0.05, 0.1) is 0 Å². The van der Waals surface area contributed by atoms with Crippen molar-refractivity contribution in [3.8, 4) is 0 Å². The zero-order chi connectivity index (χ0) is 15.9. The lowest BCUT2D eigenvalue weighted by Crippen LogP contribution is -2.17. The Morgan fingerprint density at radius 3 is 2.59 bits per heavy atom. The maximum absolute atomic E-state index is 12.5. The Labute approximate surface area is 132 Å². The molecule has 22 heavy (non-hydrogen) atoms. The van der Waals surface area contributed by atoms with Crippen LogP contribution in [-0.2, 0) is 6.42 Å². The Hall–Kier alpha value is -2.13. The summed E-state index contributed by atoms with van der Waals surface area (Å²) in [4.78, 5) is 12.5. The number of amides is 1. The average molecular weight is 296 g/mol. The number of nitrogens with one attached hydrogen (secondary N) is 2. The standard InChI is InChI=1S/C19H24N2O/c1-14(2)16-8-6-9-17(13-16)21-19(22)18-10-5-4-7-15(18)11-12-20-3/h4-10,13-14,20H,11-12H2,1-3H3,(H,21,22). The summed E-state index contributed by atoms with van der Waals surface area (Å²) in [5, 5.41) is 6.13.